The van der Waals surface area contributed by atoms with Crippen LogP contribution >= 0.6 is 0 Å². The van der Waals surface area contributed by atoms with Gasteiger partial charge in [0.05, 0.1) is 19.8 Å². The summed E-state index contributed by atoms with van der Waals surface area (Å²) in [6.45, 7) is 0.259. The van der Waals surface area contributed by atoms with Crippen LogP contribution in [-0.4, -0.2) is 46.2 Å². The van der Waals surface area contributed by atoms with Crippen molar-refractivity contribution in [2.75, 3.05) is 19.8 Å². The van der Waals surface area contributed by atoms with Crippen molar-refractivity contribution in [2.24, 2.45) is 5.41 Å². The first-order valence-electron chi connectivity index (χ1n) is 4.24. The molecule has 0 saturated carbocycles. The van der Waals surface area contributed by atoms with Gasteiger partial charge in [0, 0.05) is 11.0 Å². The summed E-state index contributed by atoms with van der Waals surface area (Å²) in [5.41, 5.74) is -0.902. The van der Waals surface area contributed by atoms with E-state index in [0.717, 1.165) is 0 Å². The minimum Gasteiger partial charge on any atom is -0.478 e. The lowest BCUT2D eigenvalue weighted by Gasteiger charge is -2.25. The molecule has 0 amide bonds. The number of hydrogen-bond donors (Lipinski definition) is 4. The van der Waals surface area contributed by atoms with Crippen molar-refractivity contribution < 1.29 is 25.2 Å². The topological polar surface area (TPSA) is 98.0 Å². The van der Waals surface area contributed by atoms with Gasteiger partial charge in [-0.15, -0.1) is 0 Å². The highest BCUT2D eigenvalue weighted by molar-refractivity contribution is 5.85. The average molecular weight is 204 g/mol. The number of carboxylic acid groups (broad SMARTS) is 1. The van der Waals surface area contributed by atoms with Gasteiger partial charge in [-0.1, -0.05) is 6.08 Å². The van der Waals surface area contributed by atoms with Crippen molar-refractivity contribution >= 4 is 5.97 Å². The van der Waals surface area contributed by atoms with Crippen LogP contribution in [0.15, 0.2) is 11.6 Å². The van der Waals surface area contributed by atoms with E-state index >= 15 is 0 Å². The maximum absolute atomic E-state index is 10.4. The third-order valence-corrected chi connectivity index (χ3v) is 2.18. The molecule has 5 nitrogen and oxygen atoms in total. The Labute approximate surface area is 82.3 Å². The van der Waals surface area contributed by atoms with Gasteiger partial charge in [0.1, 0.15) is 0 Å². The molecule has 0 fully saturated rings. The summed E-state index contributed by atoms with van der Waals surface area (Å²) in [5, 5.41) is 35.3. The molecular formula is C9H16O5. The Morgan fingerprint density at radius 1 is 1.21 bits per heavy atom. The Balaban J connectivity index is 4.46. The monoisotopic (exact) mass is 204 g/mol. The van der Waals surface area contributed by atoms with Crippen molar-refractivity contribution in [1.29, 1.82) is 0 Å². The lowest BCUT2D eigenvalue weighted by molar-refractivity contribution is -0.132. The quantitative estimate of drug-likeness (QED) is 0.432. The number of allylic oxidation sites excluding steroid dienone is 1. The molecule has 82 valence electrons. The molecule has 0 bridgehead atoms. The minimum atomic E-state index is -1.05. The van der Waals surface area contributed by atoms with Crippen molar-refractivity contribution in [1.82, 2.24) is 0 Å². The Morgan fingerprint density at radius 2 is 1.64 bits per heavy atom. The van der Waals surface area contributed by atoms with Crippen LogP contribution in [0.3, 0.4) is 0 Å². The molecule has 0 rings (SSSR count). The third kappa shape index (κ3) is 3.45. The molecule has 0 unspecified atom stereocenters. The maximum atomic E-state index is 10.4. The van der Waals surface area contributed by atoms with E-state index in [1.54, 1.807) is 0 Å². The molecule has 4 N–H and O–H groups in total. The summed E-state index contributed by atoms with van der Waals surface area (Å²) in [6.07, 6.45) is 1.51. The SMILES string of the molecule is C/C(=C\CC(CO)(CO)CO)C(=O)O. The van der Waals surface area contributed by atoms with Gasteiger partial charge < -0.3 is 20.4 Å². The summed E-state index contributed by atoms with van der Waals surface area (Å²) in [4.78, 5) is 10.4. The molecule has 0 aliphatic carbocycles. The minimum absolute atomic E-state index is 0.129. The average Bonchev–Trinajstić information content (AvgIpc) is 2.20. The van der Waals surface area contributed by atoms with E-state index in [4.69, 9.17) is 20.4 Å². The van der Waals surface area contributed by atoms with Crippen LogP contribution < -0.4 is 0 Å². The van der Waals surface area contributed by atoms with E-state index in [1.807, 2.05) is 0 Å². The summed E-state index contributed by atoms with van der Waals surface area (Å²) in [7, 11) is 0. The van der Waals surface area contributed by atoms with Crippen LogP contribution in [0, 0.1) is 5.41 Å². The molecular weight excluding hydrogens is 188 g/mol. The molecule has 0 aromatic heterocycles. The Hall–Kier alpha value is -0.910. The number of carbonyl (C=O) groups is 1. The molecule has 0 saturated heterocycles. The molecule has 0 aliphatic rings. The molecule has 0 aliphatic heterocycles. The molecule has 0 aromatic rings. The fraction of sp³-hybridized carbons (Fsp3) is 0.667. The van der Waals surface area contributed by atoms with Crippen molar-refractivity contribution in [3.63, 3.8) is 0 Å². The van der Waals surface area contributed by atoms with Crippen LogP contribution in [0.25, 0.3) is 0 Å². The Morgan fingerprint density at radius 3 is 1.93 bits per heavy atom. The number of hydrogen-bond acceptors (Lipinski definition) is 4. The van der Waals surface area contributed by atoms with Crippen LogP contribution in [0.2, 0.25) is 0 Å². The van der Waals surface area contributed by atoms with E-state index < -0.39 is 11.4 Å². The highest BCUT2D eigenvalue weighted by Gasteiger charge is 2.26. The number of carboxylic acids is 1. The summed E-state index contributed by atoms with van der Waals surface area (Å²) in [5.74, 6) is -1.05. The van der Waals surface area contributed by atoms with Crippen LogP contribution in [-0.2, 0) is 4.79 Å². The molecule has 0 radical (unpaired) electrons. The van der Waals surface area contributed by atoms with Gasteiger partial charge in [-0.2, -0.15) is 0 Å². The number of aliphatic hydroxyl groups excluding tert-OH is 3. The summed E-state index contributed by atoms with van der Waals surface area (Å²) < 4.78 is 0. The zero-order valence-electron chi connectivity index (χ0n) is 8.10. The first-order chi connectivity index (χ1) is 6.51. The summed E-state index contributed by atoms with van der Waals surface area (Å²) in [6, 6.07) is 0. The molecule has 5 heteroatoms. The van der Waals surface area contributed by atoms with E-state index in [0.29, 0.717) is 0 Å². The van der Waals surface area contributed by atoms with Crippen LogP contribution in [0.4, 0.5) is 0 Å². The van der Waals surface area contributed by atoms with Gasteiger partial charge >= 0.3 is 5.97 Å². The number of rotatable bonds is 6. The second-order valence-electron chi connectivity index (χ2n) is 3.37. The van der Waals surface area contributed by atoms with Gasteiger partial charge in [0.2, 0.25) is 0 Å². The summed E-state index contributed by atoms with van der Waals surface area (Å²) >= 11 is 0. The number of aliphatic hydroxyl groups is 3. The van der Waals surface area contributed by atoms with Gasteiger partial charge in [0.25, 0.3) is 0 Å². The zero-order valence-corrected chi connectivity index (χ0v) is 8.10. The second kappa shape index (κ2) is 5.74. The van der Waals surface area contributed by atoms with Gasteiger partial charge in [-0.05, 0) is 13.3 Å². The van der Waals surface area contributed by atoms with Crippen molar-refractivity contribution in [2.45, 2.75) is 13.3 Å². The first-order valence-corrected chi connectivity index (χ1v) is 4.24. The maximum Gasteiger partial charge on any atom is 0.330 e. The fourth-order valence-electron chi connectivity index (χ4n) is 0.801. The van der Waals surface area contributed by atoms with Crippen molar-refractivity contribution in [3.05, 3.63) is 11.6 Å². The fourth-order valence-corrected chi connectivity index (χ4v) is 0.801. The first kappa shape index (κ1) is 13.1. The molecule has 0 spiro atoms. The standard InChI is InChI=1S/C9H16O5/c1-7(8(13)14)2-3-9(4-10,5-11)6-12/h2,10-12H,3-6H2,1H3,(H,13,14)/b7-2+. The van der Waals surface area contributed by atoms with E-state index in [1.165, 1.54) is 13.0 Å². The molecule has 0 aromatic carbocycles. The van der Waals surface area contributed by atoms with Gasteiger partial charge in [0.15, 0.2) is 0 Å². The lowest BCUT2D eigenvalue weighted by Crippen LogP contribution is -2.33. The third-order valence-electron chi connectivity index (χ3n) is 2.18. The van der Waals surface area contributed by atoms with Crippen LogP contribution in [0.1, 0.15) is 13.3 Å². The van der Waals surface area contributed by atoms with Crippen LogP contribution in [0.5, 0.6) is 0 Å². The molecule has 0 atom stereocenters. The molecule has 14 heavy (non-hydrogen) atoms. The lowest BCUT2D eigenvalue weighted by atomic mass is 9.86. The zero-order chi connectivity index (χ0) is 11.2. The van der Waals surface area contributed by atoms with Gasteiger partial charge in [-0.3, -0.25) is 0 Å². The van der Waals surface area contributed by atoms with Crippen molar-refractivity contribution in [3.8, 4) is 0 Å². The van der Waals surface area contributed by atoms with E-state index in [-0.39, 0.29) is 31.8 Å². The normalized spacial score (nSPS) is 13.0. The highest BCUT2D eigenvalue weighted by atomic mass is 16.4. The second-order valence-corrected chi connectivity index (χ2v) is 3.37. The van der Waals surface area contributed by atoms with E-state index in [9.17, 15) is 4.79 Å². The van der Waals surface area contributed by atoms with E-state index in [2.05, 4.69) is 0 Å². The molecule has 0 heterocycles. The highest BCUT2D eigenvalue weighted by Crippen LogP contribution is 2.21. The predicted molar refractivity (Wildman–Crippen MR) is 49.7 cm³/mol. The Kier molecular flexibility index (Phi) is 5.37. The predicted octanol–water partition coefficient (Wildman–Crippen LogP) is -0.629. The Bertz CT molecular complexity index is 209. The number of aliphatic carboxylic acids is 1. The smallest absolute Gasteiger partial charge is 0.330 e. The largest absolute Gasteiger partial charge is 0.478 e. The van der Waals surface area contributed by atoms with Gasteiger partial charge in [-0.25, -0.2) is 4.79 Å².